The molecule has 0 aliphatic heterocycles. The lowest BCUT2D eigenvalue weighted by Crippen LogP contribution is -2.02. The summed E-state index contributed by atoms with van der Waals surface area (Å²) in [7, 11) is 0. The highest BCUT2D eigenvalue weighted by molar-refractivity contribution is 5.69. The first-order chi connectivity index (χ1) is 8.12. The van der Waals surface area contributed by atoms with Crippen LogP contribution in [0.4, 0.5) is 0 Å². The summed E-state index contributed by atoms with van der Waals surface area (Å²) in [5.41, 5.74) is 0. The van der Waals surface area contributed by atoms with Crippen molar-refractivity contribution in [2.24, 2.45) is 0 Å². The largest absolute Gasteiger partial charge is 0.466 e. The molecule has 0 atom stereocenters. The number of hydrogen-bond acceptors (Lipinski definition) is 4. The predicted molar refractivity (Wildman–Crippen MR) is 67.7 cm³/mol. The Kier molecular flexibility index (Phi) is 16.1. The van der Waals surface area contributed by atoms with E-state index in [1.165, 1.54) is 0 Å². The standard InChI is InChI=1S/C7H14O2.C6H12O2/c1-3-5-6-9-7(8)4-2;1-3-5-6(7)8-4-2/h3-6H2,1-2H3;3-5H2,1-2H3. The molecular weight excluding hydrogens is 220 g/mol. The van der Waals surface area contributed by atoms with E-state index in [1.807, 2.05) is 13.8 Å². The van der Waals surface area contributed by atoms with Gasteiger partial charge in [0.1, 0.15) is 0 Å². The van der Waals surface area contributed by atoms with Gasteiger partial charge in [-0.1, -0.05) is 27.2 Å². The third kappa shape index (κ3) is 17.5. The fourth-order valence-corrected chi connectivity index (χ4v) is 0.870. The van der Waals surface area contributed by atoms with Gasteiger partial charge in [-0.05, 0) is 19.8 Å². The van der Waals surface area contributed by atoms with Gasteiger partial charge in [0, 0.05) is 12.8 Å². The number of esters is 2. The van der Waals surface area contributed by atoms with Crippen LogP contribution in [0.3, 0.4) is 0 Å². The van der Waals surface area contributed by atoms with Gasteiger partial charge in [-0.2, -0.15) is 0 Å². The first-order valence-electron chi connectivity index (χ1n) is 6.43. The lowest BCUT2D eigenvalue weighted by Gasteiger charge is -1.99. The zero-order chi connectivity index (χ0) is 13.5. The van der Waals surface area contributed by atoms with E-state index in [0.29, 0.717) is 26.1 Å². The summed E-state index contributed by atoms with van der Waals surface area (Å²) in [4.78, 5) is 20.9. The Bertz CT molecular complexity index is 182. The van der Waals surface area contributed by atoms with E-state index >= 15 is 0 Å². The van der Waals surface area contributed by atoms with Crippen molar-refractivity contribution in [2.45, 2.75) is 59.8 Å². The minimum atomic E-state index is -0.0940. The second kappa shape index (κ2) is 14.9. The number of carbonyl (C=O) groups excluding carboxylic acids is 2. The van der Waals surface area contributed by atoms with Crippen LogP contribution < -0.4 is 0 Å². The third-order valence-electron chi connectivity index (χ3n) is 1.81. The predicted octanol–water partition coefficient (Wildman–Crippen LogP) is 3.09. The van der Waals surface area contributed by atoms with Crippen molar-refractivity contribution in [3.63, 3.8) is 0 Å². The fourth-order valence-electron chi connectivity index (χ4n) is 0.870. The third-order valence-corrected chi connectivity index (χ3v) is 1.81. The van der Waals surface area contributed by atoms with Gasteiger partial charge in [0.05, 0.1) is 13.2 Å². The molecule has 0 bridgehead atoms. The maximum atomic E-state index is 10.5. The van der Waals surface area contributed by atoms with Crippen molar-refractivity contribution in [3.8, 4) is 0 Å². The Labute approximate surface area is 105 Å². The molecule has 0 saturated carbocycles. The van der Waals surface area contributed by atoms with Gasteiger partial charge >= 0.3 is 11.9 Å². The van der Waals surface area contributed by atoms with Crippen LogP contribution in [0.2, 0.25) is 0 Å². The van der Waals surface area contributed by atoms with Gasteiger partial charge in [0.15, 0.2) is 0 Å². The highest BCUT2D eigenvalue weighted by Gasteiger charge is 1.95. The zero-order valence-corrected chi connectivity index (χ0v) is 11.6. The molecule has 0 aromatic carbocycles. The summed E-state index contributed by atoms with van der Waals surface area (Å²) in [6.07, 6.45) is 3.97. The smallest absolute Gasteiger partial charge is 0.305 e. The van der Waals surface area contributed by atoms with E-state index < -0.39 is 0 Å². The van der Waals surface area contributed by atoms with Crippen molar-refractivity contribution in [3.05, 3.63) is 0 Å². The molecule has 0 aromatic heterocycles. The molecule has 4 heteroatoms. The van der Waals surface area contributed by atoms with Crippen LogP contribution in [0.25, 0.3) is 0 Å². The Morgan fingerprint density at radius 2 is 1.53 bits per heavy atom. The minimum Gasteiger partial charge on any atom is -0.466 e. The highest BCUT2D eigenvalue weighted by atomic mass is 16.5. The summed E-state index contributed by atoms with van der Waals surface area (Å²) in [6, 6.07) is 0. The van der Waals surface area contributed by atoms with Gasteiger partial charge in [0.25, 0.3) is 0 Å². The molecule has 0 fully saturated rings. The van der Waals surface area contributed by atoms with Crippen LogP contribution in [0.1, 0.15) is 59.8 Å². The van der Waals surface area contributed by atoms with E-state index in [-0.39, 0.29) is 11.9 Å². The van der Waals surface area contributed by atoms with Crippen molar-refractivity contribution in [2.75, 3.05) is 13.2 Å². The maximum Gasteiger partial charge on any atom is 0.305 e. The first-order valence-corrected chi connectivity index (χ1v) is 6.43. The monoisotopic (exact) mass is 246 g/mol. The van der Waals surface area contributed by atoms with Crippen LogP contribution in [-0.2, 0) is 19.1 Å². The molecule has 0 saturated heterocycles. The first kappa shape index (κ1) is 18.3. The molecule has 0 aliphatic carbocycles. The molecule has 0 heterocycles. The quantitative estimate of drug-likeness (QED) is 0.511. The van der Waals surface area contributed by atoms with Gasteiger partial charge in [-0.3, -0.25) is 9.59 Å². The number of hydrogen-bond donors (Lipinski definition) is 0. The Balaban J connectivity index is 0. The minimum absolute atomic E-state index is 0.0880. The summed E-state index contributed by atoms with van der Waals surface area (Å²) in [5, 5.41) is 0. The Morgan fingerprint density at radius 3 is 1.94 bits per heavy atom. The molecule has 0 amide bonds. The molecule has 4 nitrogen and oxygen atoms in total. The van der Waals surface area contributed by atoms with Crippen molar-refractivity contribution >= 4 is 11.9 Å². The van der Waals surface area contributed by atoms with E-state index in [0.717, 1.165) is 19.3 Å². The maximum absolute atomic E-state index is 10.5. The topological polar surface area (TPSA) is 52.6 Å². The van der Waals surface area contributed by atoms with Crippen molar-refractivity contribution < 1.29 is 19.1 Å². The number of unbranched alkanes of at least 4 members (excludes halogenated alkanes) is 1. The molecule has 0 aliphatic rings. The number of rotatable bonds is 7. The fraction of sp³-hybridized carbons (Fsp3) is 0.846. The summed E-state index contributed by atoms with van der Waals surface area (Å²) in [6.45, 7) is 8.72. The van der Waals surface area contributed by atoms with Crippen molar-refractivity contribution in [1.82, 2.24) is 0 Å². The summed E-state index contributed by atoms with van der Waals surface area (Å²) in [5.74, 6) is -0.182. The van der Waals surface area contributed by atoms with E-state index in [9.17, 15) is 9.59 Å². The zero-order valence-electron chi connectivity index (χ0n) is 11.6. The highest BCUT2D eigenvalue weighted by Crippen LogP contribution is 1.90. The molecule has 0 N–H and O–H groups in total. The van der Waals surface area contributed by atoms with Crippen LogP contribution in [0.15, 0.2) is 0 Å². The summed E-state index contributed by atoms with van der Waals surface area (Å²) >= 11 is 0. The Morgan fingerprint density at radius 1 is 0.882 bits per heavy atom. The van der Waals surface area contributed by atoms with E-state index in [1.54, 1.807) is 6.92 Å². The van der Waals surface area contributed by atoms with Crippen LogP contribution >= 0.6 is 0 Å². The molecule has 0 spiro atoms. The lowest BCUT2D eigenvalue weighted by atomic mass is 10.3. The van der Waals surface area contributed by atoms with Crippen LogP contribution in [-0.4, -0.2) is 25.2 Å². The van der Waals surface area contributed by atoms with E-state index in [4.69, 9.17) is 4.74 Å². The van der Waals surface area contributed by atoms with Gasteiger partial charge in [-0.15, -0.1) is 0 Å². The Hall–Kier alpha value is -1.06. The molecule has 0 unspecified atom stereocenters. The SMILES string of the molecule is CCCC(=O)OCC.CCCCOC(=O)CC. The van der Waals surface area contributed by atoms with Gasteiger partial charge < -0.3 is 9.47 Å². The van der Waals surface area contributed by atoms with Crippen LogP contribution in [0, 0.1) is 0 Å². The molecular formula is C13H26O4. The molecule has 0 radical (unpaired) electrons. The second-order valence-corrected chi connectivity index (χ2v) is 3.48. The molecule has 0 aromatic rings. The molecule has 0 rings (SSSR count). The lowest BCUT2D eigenvalue weighted by molar-refractivity contribution is -0.144. The molecule has 17 heavy (non-hydrogen) atoms. The van der Waals surface area contributed by atoms with Gasteiger partial charge in [-0.25, -0.2) is 0 Å². The van der Waals surface area contributed by atoms with E-state index in [2.05, 4.69) is 11.7 Å². The van der Waals surface area contributed by atoms with Crippen LogP contribution in [0.5, 0.6) is 0 Å². The van der Waals surface area contributed by atoms with Crippen molar-refractivity contribution in [1.29, 1.82) is 0 Å². The second-order valence-electron chi connectivity index (χ2n) is 3.48. The molecule has 102 valence electrons. The number of ether oxygens (including phenoxy) is 2. The normalized spacial score (nSPS) is 8.94. The summed E-state index contributed by atoms with van der Waals surface area (Å²) < 4.78 is 9.44. The average Bonchev–Trinajstić information content (AvgIpc) is 2.30. The number of carbonyl (C=O) groups is 2. The van der Waals surface area contributed by atoms with Gasteiger partial charge in [0.2, 0.25) is 0 Å². The average molecular weight is 246 g/mol.